The Hall–Kier alpha value is -4.04. The van der Waals surface area contributed by atoms with Crippen molar-refractivity contribution in [1.29, 1.82) is 0 Å². The summed E-state index contributed by atoms with van der Waals surface area (Å²) in [5.41, 5.74) is 7.09. The third kappa shape index (κ3) is 3.51. The molecule has 0 bridgehead atoms. The predicted octanol–water partition coefficient (Wildman–Crippen LogP) is 6.94. The zero-order valence-electron chi connectivity index (χ0n) is 16.4. The highest BCUT2D eigenvalue weighted by Crippen LogP contribution is 2.39. The van der Waals surface area contributed by atoms with Crippen LogP contribution >= 0.6 is 0 Å². The Morgan fingerprint density at radius 3 is 1.33 bits per heavy atom. The highest BCUT2D eigenvalue weighted by atomic mass is 14.9. The van der Waals surface area contributed by atoms with Crippen molar-refractivity contribution in [3.05, 3.63) is 121 Å². The van der Waals surface area contributed by atoms with E-state index in [1.165, 1.54) is 0 Å². The van der Waals surface area contributed by atoms with Gasteiger partial charge in [0.1, 0.15) is 0 Å². The van der Waals surface area contributed by atoms with Crippen LogP contribution in [-0.2, 0) is 0 Å². The minimum absolute atomic E-state index is 0.722. The van der Waals surface area contributed by atoms with Crippen LogP contribution in [0, 0.1) is 6.07 Å². The third-order valence-electron chi connectivity index (χ3n) is 5.04. The molecule has 0 amide bonds. The quantitative estimate of drug-likeness (QED) is 0.336. The van der Waals surface area contributed by atoms with E-state index in [0.29, 0.717) is 0 Å². The minimum atomic E-state index is 0.722. The van der Waals surface area contributed by atoms with Gasteiger partial charge in [-0.2, -0.15) is 0 Å². The normalized spacial score (nSPS) is 10.7. The van der Waals surface area contributed by atoms with Gasteiger partial charge in [0, 0.05) is 22.3 Å². The van der Waals surface area contributed by atoms with Gasteiger partial charge in [0.2, 0.25) is 0 Å². The Bertz CT molecular complexity index is 1190. The van der Waals surface area contributed by atoms with Crippen LogP contribution in [0.3, 0.4) is 0 Å². The van der Waals surface area contributed by atoms with Crippen molar-refractivity contribution in [2.75, 3.05) is 0 Å². The zero-order chi connectivity index (χ0) is 20.2. The summed E-state index contributed by atoms with van der Waals surface area (Å²) in [6, 6.07) is 41.9. The highest BCUT2D eigenvalue weighted by Gasteiger charge is 2.19. The second-order valence-corrected chi connectivity index (χ2v) is 7.01. The monoisotopic (exact) mass is 383 g/mol. The molecule has 5 aromatic rings. The first-order valence-corrected chi connectivity index (χ1v) is 9.95. The predicted molar refractivity (Wildman–Crippen MR) is 123 cm³/mol. The lowest BCUT2D eigenvalue weighted by molar-refractivity contribution is 1.18. The number of rotatable bonds is 4. The van der Waals surface area contributed by atoms with Gasteiger partial charge in [-0.05, 0) is 11.6 Å². The van der Waals surface area contributed by atoms with Gasteiger partial charge < -0.3 is 0 Å². The Labute approximate surface area is 176 Å². The molecule has 0 aliphatic heterocycles. The summed E-state index contributed by atoms with van der Waals surface area (Å²) in [6.45, 7) is 0. The second-order valence-electron chi connectivity index (χ2n) is 7.01. The summed E-state index contributed by atoms with van der Waals surface area (Å²) in [4.78, 5) is 10.1. The summed E-state index contributed by atoms with van der Waals surface area (Å²) in [5.74, 6) is 0.722. The second kappa shape index (κ2) is 8.14. The molecule has 0 spiro atoms. The maximum Gasteiger partial charge on any atom is 0.160 e. The highest BCUT2D eigenvalue weighted by molar-refractivity contribution is 5.92. The van der Waals surface area contributed by atoms with E-state index in [2.05, 4.69) is 54.6 Å². The first kappa shape index (κ1) is 18.0. The molecule has 1 radical (unpaired) electrons. The molecule has 0 fully saturated rings. The number of hydrogen-bond acceptors (Lipinski definition) is 2. The van der Waals surface area contributed by atoms with Gasteiger partial charge in [-0.25, -0.2) is 9.97 Å². The molecule has 2 heteroatoms. The Kier molecular flexibility index (Phi) is 4.89. The standard InChI is InChI=1S/C28H19N2/c1-5-13-21(14-6-1)25-26(22-15-7-2-8-16-22)29-28(24-19-11-4-12-20-24)30-27(25)23-17-9-3-10-18-23/h2-20H. The summed E-state index contributed by atoms with van der Waals surface area (Å²) in [7, 11) is 0. The van der Waals surface area contributed by atoms with Crippen molar-refractivity contribution in [3.63, 3.8) is 0 Å². The van der Waals surface area contributed by atoms with Crippen LogP contribution in [0.2, 0.25) is 0 Å². The van der Waals surface area contributed by atoms with E-state index < -0.39 is 0 Å². The third-order valence-corrected chi connectivity index (χ3v) is 5.04. The molecule has 0 aliphatic rings. The van der Waals surface area contributed by atoms with Crippen molar-refractivity contribution in [3.8, 4) is 45.0 Å². The first-order chi connectivity index (χ1) is 14.9. The molecule has 30 heavy (non-hydrogen) atoms. The van der Waals surface area contributed by atoms with Crippen LogP contribution in [0.25, 0.3) is 45.0 Å². The van der Waals surface area contributed by atoms with E-state index in [-0.39, 0.29) is 0 Å². The van der Waals surface area contributed by atoms with Gasteiger partial charge in [-0.3, -0.25) is 0 Å². The van der Waals surface area contributed by atoms with Crippen molar-refractivity contribution in [2.45, 2.75) is 0 Å². The summed E-state index contributed by atoms with van der Waals surface area (Å²) >= 11 is 0. The van der Waals surface area contributed by atoms with Gasteiger partial charge in [0.05, 0.1) is 11.4 Å². The minimum Gasteiger partial charge on any atom is -0.227 e. The lowest BCUT2D eigenvalue weighted by atomic mass is 9.94. The van der Waals surface area contributed by atoms with Crippen LogP contribution in [0.1, 0.15) is 0 Å². The lowest BCUT2D eigenvalue weighted by Crippen LogP contribution is -2.00. The number of hydrogen-bond donors (Lipinski definition) is 0. The van der Waals surface area contributed by atoms with E-state index in [1.54, 1.807) is 0 Å². The molecule has 5 rings (SSSR count). The molecule has 0 N–H and O–H groups in total. The first-order valence-electron chi connectivity index (χ1n) is 9.95. The van der Waals surface area contributed by atoms with E-state index >= 15 is 0 Å². The van der Waals surface area contributed by atoms with E-state index in [0.717, 1.165) is 45.0 Å². The molecular formula is C28H19N2. The Morgan fingerprint density at radius 1 is 0.433 bits per heavy atom. The fourth-order valence-electron chi connectivity index (χ4n) is 3.61. The van der Waals surface area contributed by atoms with Crippen LogP contribution in [0.4, 0.5) is 0 Å². The summed E-state index contributed by atoms with van der Waals surface area (Å²) < 4.78 is 0. The van der Waals surface area contributed by atoms with Crippen LogP contribution < -0.4 is 0 Å². The Balaban J connectivity index is 1.88. The van der Waals surface area contributed by atoms with Crippen LogP contribution in [0.15, 0.2) is 115 Å². The number of benzene rings is 4. The number of nitrogens with zero attached hydrogens (tertiary/aromatic N) is 2. The van der Waals surface area contributed by atoms with Crippen molar-refractivity contribution in [1.82, 2.24) is 9.97 Å². The fraction of sp³-hybridized carbons (Fsp3) is 0. The van der Waals surface area contributed by atoms with Gasteiger partial charge in [0.25, 0.3) is 0 Å². The molecule has 1 heterocycles. The van der Waals surface area contributed by atoms with Crippen LogP contribution in [-0.4, -0.2) is 9.97 Å². The lowest BCUT2D eigenvalue weighted by Gasteiger charge is -2.16. The molecular weight excluding hydrogens is 364 g/mol. The van der Waals surface area contributed by atoms with E-state index in [1.807, 2.05) is 66.7 Å². The van der Waals surface area contributed by atoms with Crippen molar-refractivity contribution >= 4 is 0 Å². The summed E-state index contributed by atoms with van der Waals surface area (Å²) in [5, 5.41) is 0. The largest absolute Gasteiger partial charge is 0.227 e. The summed E-state index contributed by atoms with van der Waals surface area (Å²) in [6.07, 6.45) is 0. The molecule has 4 aromatic carbocycles. The van der Waals surface area contributed by atoms with Crippen molar-refractivity contribution < 1.29 is 0 Å². The SMILES string of the molecule is [c]1ccc(-c2c(-c3ccccc3)nc(-c3ccccc3)nc2-c2ccccc2)cc1. The van der Waals surface area contributed by atoms with E-state index in [4.69, 9.17) is 9.97 Å². The van der Waals surface area contributed by atoms with Crippen molar-refractivity contribution in [2.24, 2.45) is 0 Å². The molecule has 0 saturated heterocycles. The Morgan fingerprint density at radius 2 is 0.867 bits per heavy atom. The molecule has 0 saturated carbocycles. The topological polar surface area (TPSA) is 25.8 Å². The van der Waals surface area contributed by atoms with Crippen LogP contribution in [0.5, 0.6) is 0 Å². The molecule has 1 aromatic heterocycles. The maximum atomic E-state index is 5.05. The van der Waals surface area contributed by atoms with E-state index in [9.17, 15) is 0 Å². The molecule has 2 nitrogen and oxygen atoms in total. The fourth-order valence-corrected chi connectivity index (χ4v) is 3.61. The molecule has 0 unspecified atom stereocenters. The zero-order valence-corrected chi connectivity index (χ0v) is 16.4. The number of aromatic nitrogens is 2. The van der Waals surface area contributed by atoms with Gasteiger partial charge in [-0.15, -0.1) is 0 Å². The smallest absolute Gasteiger partial charge is 0.160 e. The van der Waals surface area contributed by atoms with Gasteiger partial charge in [-0.1, -0.05) is 115 Å². The van der Waals surface area contributed by atoms with Gasteiger partial charge in [0.15, 0.2) is 5.82 Å². The molecule has 0 aliphatic carbocycles. The van der Waals surface area contributed by atoms with Gasteiger partial charge >= 0.3 is 0 Å². The average Bonchev–Trinajstić information content (AvgIpc) is 2.85. The average molecular weight is 383 g/mol. The molecule has 141 valence electrons. The maximum absolute atomic E-state index is 5.05. The molecule has 0 atom stereocenters.